The molecule has 0 aromatic heterocycles. The number of carbonyl (C=O) groups is 3. The van der Waals surface area contributed by atoms with Crippen molar-refractivity contribution in [3.05, 3.63) is 0 Å². The van der Waals surface area contributed by atoms with Crippen molar-refractivity contribution >= 4 is 17.8 Å². The molecule has 2 rings (SSSR count). The number of hydrogen-bond acceptors (Lipinski definition) is 5. The van der Waals surface area contributed by atoms with Crippen LogP contribution in [0.4, 0.5) is 0 Å². The van der Waals surface area contributed by atoms with Crippen LogP contribution in [0, 0.1) is 5.92 Å². The van der Waals surface area contributed by atoms with Crippen LogP contribution in [0.3, 0.4) is 0 Å². The first-order valence-corrected chi connectivity index (χ1v) is 4.92. The van der Waals surface area contributed by atoms with E-state index in [-0.39, 0.29) is 31.4 Å². The van der Waals surface area contributed by atoms with E-state index in [0.717, 1.165) is 0 Å². The number of nitrogens with one attached hydrogen (secondary N) is 1. The Morgan fingerprint density at radius 2 is 2.31 bits per heavy atom. The molecule has 0 aliphatic carbocycles. The van der Waals surface area contributed by atoms with Gasteiger partial charge >= 0.3 is 5.97 Å². The fraction of sp³-hybridized carbons (Fsp3) is 0.667. The van der Waals surface area contributed by atoms with Gasteiger partial charge in [-0.25, -0.2) is 5.48 Å². The average Bonchev–Trinajstić information content (AvgIpc) is 2.83. The number of methoxy groups -OCH3 is 1. The summed E-state index contributed by atoms with van der Waals surface area (Å²) in [6.07, 6.45) is 0.0937. The summed E-state index contributed by atoms with van der Waals surface area (Å²) < 4.78 is 4.57. The summed E-state index contributed by atoms with van der Waals surface area (Å²) in [6.45, 7) is 0.339. The van der Waals surface area contributed by atoms with Gasteiger partial charge in [-0.1, -0.05) is 0 Å². The Bertz CT molecular complexity index is 343. The summed E-state index contributed by atoms with van der Waals surface area (Å²) in [5.41, 5.74) is 2.18. The molecule has 88 valence electrons. The number of carbonyl (C=O) groups excluding carboxylic acids is 3. The van der Waals surface area contributed by atoms with E-state index in [9.17, 15) is 14.4 Å². The summed E-state index contributed by atoms with van der Waals surface area (Å²) in [5.74, 6) is -1.47. The van der Waals surface area contributed by atoms with E-state index in [4.69, 9.17) is 4.84 Å². The number of likely N-dealkylation sites (tertiary alicyclic amines) is 1. The molecule has 2 aliphatic heterocycles. The fourth-order valence-electron chi connectivity index (χ4n) is 1.92. The quantitative estimate of drug-likeness (QED) is 0.578. The lowest BCUT2D eigenvalue weighted by Crippen LogP contribution is -2.43. The van der Waals surface area contributed by atoms with Crippen LogP contribution >= 0.6 is 0 Å². The van der Waals surface area contributed by atoms with Gasteiger partial charge in [0.15, 0.2) is 0 Å². The van der Waals surface area contributed by atoms with Gasteiger partial charge in [-0.2, -0.15) is 0 Å². The third-order valence-corrected chi connectivity index (χ3v) is 2.79. The number of hydrogen-bond donors (Lipinski definition) is 1. The summed E-state index contributed by atoms with van der Waals surface area (Å²) in [4.78, 5) is 40.3. The maximum atomic E-state index is 11.6. The molecule has 2 amide bonds. The zero-order valence-electron chi connectivity index (χ0n) is 8.76. The summed E-state index contributed by atoms with van der Waals surface area (Å²) in [7, 11) is 1.28. The van der Waals surface area contributed by atoms with Gasteiger partial charge in [-0.3, -0.25) is 19.2 Å². The number of hydroxylamine groups is 1. The minimum Gasteiger partial charge on any atom is -0.469 e. The van der Waals surface area contributed by atoms with Gasteiger partial charge in [0.1, 0.15) is 12.6 Å². The molecule has 0 aromatic rings. The Labute approximate surface area is 91.6 Å². The van der Waals surface area contributed by atoms with Crippen LogP contribution in [0.5, 0.6) is 0 Å². The maximum Gasteiger partial charge on any atom is 0.310 e. The monoisotopic (exact) mass is 228 g/mol. The normalized spacial score (nSPS) is 29.4. The Balaban J connectivity index is 2.05. The average molecular weight is 228 g/mol. The van der Waals surface area contributed by atoms with Crippen LogP contribution in [-0.4, -0.2) is 49.0 Å². The van der Waals surface area contributed by atoms with Crippen molar-refractivity contribution in [1.82, 2.24) is 10.4 Å². The number of nitrogens with zero attached hydrogens (tertiary/aromatic N) is 1. The minimum absolute atomic E-state index is 0.0937. The minimum atomic E-state index is -0.623. The number of esters is 1. The van der Waals surface area contributed by atoms with Gasteiger partial charge in [0, 0.05) is 13.0 Å². The van der Waals surface area contributed by atoms with Crippen LogP contribution in [0.15, 0.2) is 0 Å². The van der Waals surface area contributed by atoms with E-state index >= 15 is 0 Å². The third kappa shape index (κ3) is 1.73. The van der Waals surface area contributed by atoms with E-state index in [2.05, 4.69) is 10.2 Å². The number of amides is 2. The second-order valence-electron chi connectivity index (χ2n) is 3.76. The molecule has 0 aromatic carbocycles. The molecule has 2 saturated heterocycles. The van der Waals surface area contributed by atoms with Gasteiger partial charge in [0.05, 0.1) is 13.0 Å². The summed E-state index contributed by atoms with van der Waals surface area (Å²) in [5, 5.41) is 0. The fourth-order valence-corrected chi connectivity index (χ4v) is 1.92. The Morgan fingerprint density at radius 1 is 1.56 bits per heavy atom. The van der Waals surface area contributed by atoms with Crippen molar-refractivity contribution in [2.75, 3.05) is 20.3 Å². The highest BCUT2D eigenvalue weighted by Gasteiger charge is 2.43. The molecule has 2 heterocycles. The van der Waals surface area contributed by atoms with Crippen molar-refractivity contribution in [3.63, 3.8) is 0 Å². The predicted molar refractivity (Wildman–Crippen MR) is 49.7 cm³/mol. The molecule has 0 spiro atoms. The van der Waals surface area contributed by atoms with Crippen LogP contribution in [-0.2, 0) is 24.0 Å². The largest absolute Gasteiger partial charge is 0.469 e. The molecule has 0 bridgehead atoms. The summed E-state index contributed by atoms with van der Waals surface area (Å²) in [6, 6.07) is -0.623. The van der Waals surface area contributed by atoms with Gasteiger partial charge < -0.3 is 9.64 Å². The lowest BCUT2D eigenvalue weighted by atomic mass is 10.1. The first kappa shape index (κ1) is 10.9. The van der Waals surface area contributed by atoms with Gasteiger partial charge in [-0.05, 0) is 0 Å². The first-order chi connectivity index (χ1) is 7.63. The highest BCUT2D eigenvalue weighted by atomic mass is 16.7. The molecular formula is C9H12N2O5. The highest BCUT2D eigenvalue weighted by molar-refractivity contribution is 5.92. The van der Waals surface area contributed by atoms with Gasteiger partial charge in [0.2, 0.25) is 5.91 Å². The van der Waals surface area contributed by atoms with Crippen molar-refractivity contribution in [2.45, 2.75) is 12.5 Å². The van der Waals surface area contributed by atoms with Crippen LogP contribution in [0.1, 0.15) is 6.42 Å². The smallest absolute Gasteiger partial charge is 0.310 e. The topological polar surface area (TPSA) is 84.9 Å². The van der Waals surface area contributed by atoms with Gasteiger partial charge in [-0.15, -0.1) is 0 Å². The summed E-state index contributed by atoms with van der Waals surface area (Å²) >= 11 is 0. The number of rotatable bonds is 2. The Kier molecular flexibility index (Phi) is 2.78. The van der Waals surface area contributed by atoms with Crippen LogP contribution in [0.25, 0.3) is 0 Å². The molecule has 16 heavy (non-hydrogen) atoms. The lowest BCUT2D eigenvalue weighted by Gasteiger charge is -2.19. The first-order valence-electron chi connectivity index (χ1n) is 4.92. The molecular weight excluding hydrogens is 216 g/mol. The molecule has 7 heteroatoms. The van der Waals surface area contributed by atoms with Crippen molar-refractivity contribution < 1.29 is 24.0 Å². The zero-order chi connectivity index (χ0) is 11.7. The lowest BCUT2D eigenvalue weighted by molar-refractivity contribution is -0.145. The molecule has 0 radical (unpaired) electrons. The van der Waals surface area contributed by atoms with E-state index in [1.807, 2.05) is 0 Å². The van der Waals surface area contributed by atoms with Crippen LogP contribution < -0.4 is 5.48 Å². The van der Waals surface area contributed by atoms with E-state index in [0.29, 0.717) is 0 Å². The second-order valence-corrected chi connectivity index (χ2v) is 3.76. The number of ether oxygens (including phenoxy) is 1. The SMILES string of the molecule is COC(=O)C1CC(=O)N(C2CONC2=O)C1. The van der Waals surface area contributed by atoms with E-state index in [1.54, 1.807) is 0 Å². The van der Waals surface area contributed by atoms with Crippen molar-refractivity contribution in [3.8, 4) is 0 Å². The van der Waals surface area contributed by atoms with E-state index < -0.39 is 17.9 Å². The molecule has 7 nitrogen and oxygen atoms in total. The molecule has 1 N–H and O–H groups in total. The molecule has 2 atom stereocenters. The standard InChI is InChI=1S/C9H12N2O5/c1-15-9(14)5-2-7(12)11(3-5)6-4-16-10-8(6)13/h5-6H,2-4H2,1H3,(H,10,13). The third-order valence-electron chi connectivity index (χ3n) is 2.79. The van der Waals surface area contributed by atoms with Gasteiger partial charge in [0.25, 0.3) is 5.91 Å². The predicted octanol–water partition coefficient (Wildman–Crippen LogP) is -1.56. The molecule has 2 fully saturated rings. The molecule has 2 unspecified atom stereocenters. The highest BCUT2D eigenvalue weighted by Crippen LogP contribution is 2.22. The van der Waals surface area contributed by atoms with Crippen molar-refractivity contribution in [2.24, 2.45) is 5.92 Å². The molecule has 0 saturated carbocycles. The molecule has 2 aliphatic rings. The Morgan fingerprint density at radius 3 is 2.88 bits per heavy atom. The Hall–Kier alpha value is -1.63. The maximum absolute atomic E-state index is 11.6. The van der Waals surface area contributed by atoms with E-state index in [1.165, 1.54) is 12.0 Å². The van der Waals surface area contributed by atoms with Crippen LogP contribution in [0.2, 0.25) is 0 Å². The zero-order valence-corrected chi connectivity index (χ0v) is 8.76. The second kappa shape index (κ2) is 4.09. The van der Waals surface area contributed by atoms with Crippen molar-refractivity contribution in [1.29, 1.82) is 0 Å².